The van der Waals surface area contributed by atoms with Crippen LogP contribution in [-0.2, 0) is 5.41 Å². The van der Waals surface area contributed by atoms with Crippen LogP contribution in [0.5, 0.6) is 0 Å². The minimum absolute atomic E-state index is 0.157. The Morgan fingerprint density at radius 1 is 0.429 bits per heavy atom. The van der Waals surface area contributed by atoms with Gasteiger partial charge >= 0.3 is 0 Å². The molecule has 0 amide bonds. The number of fused-ring (bicyclic) bond motifs is 12. The van der Waals surface area contributed by atoms with Crippen molar-refractivity contribution in [1.82, 2.24) is 14.5 Å². The van der Waals surface area contributed by atoms with Crippen molar-refractivity contribution in [3.8, 4) is 39.5 Å². The lowest BCUT2D eigenvalue weighted by atomic mass is 9.81. The van der Waals surface area contributed by atoms with E-state index in [0.29, 0.717) is 5.95 Å². The fraction of sp³-hybridized carbons (Fsp3) is 0.0566. The van der Waals surface area contributed by atoms with Gasteiger partial charge in [-0.1, -0.05) is 166 Å². The summed E-state index contributed by atoms with van der Waals surface area (Å²) in [6, 6.07) is 64.0. The van der Waals surface area contributed by atoms with E-state index in [9.17, 15) is 0 Å². The maximum absolute atomic E-state index is 5.54. The maximum Gasteiger partial charge on any atom is 0.235 e. The number of para-hydroxylation sites is 1. The van der Waals surface area contributed by atoms with E-state index in [2.05, 4.69) is 194 Å². The lowest BCUT2D eigenvalue weighted by molar-refractivity contribution is 0.661. The zero-order chi connectivity index (χ0) is 37.1. The van der Waals surface area contributed by atoms with Crippen molar-refractivity contribution in [2.45, 2.75) is 19.3 Å². The van der Waals surface area contributed by atoms with E-state index in [1.54, 1.807) is 0 Å². The van der Waals surface area contributed by atoms with Crippen molar-refractivity contribution in [3.05, 3.63) is 187 Å². The zero-order valence-electron chi connectivity index (χ0n) is 31.1. The largest absolute Gasteiger partial charge is 0.277 e. The molecule has 262 valence electrons. The van der Waals surface area contributed by atoms with Gasteiger partial charge in [0.2, 0.25) is 5.95 Å². The van der Waals surface area contributed by atoms with E-state index in [1.165, 1.54) is 60.1 Å². The van der Waals surface area contributed by atoms with Gasteiger partial charge in [0.05, 0.1) is 22.2 Å². The van der Waals surface area contributed by atoms with Crippen molar-refractivity contribution in [2.24, 2.45) is 0 Å². The van der Waals surface area contributed by atoms with Gasteiger partial charge in [-0.3, -0.25) is 4.57 Å². The number of nitrogens with zero attached hydrogens (tertiary/aromatic N) is 3. The summed E-state index contributed by atoms with van der Waals surface area (Å²) in [5.74, 6) is 0.663. The maximum atomic E-state index is 5.54. The molecule has 0 aliphatic heterocycles. The minimum atomic E-state index is -0.157. The molecule has 56 heavy (non-hydrogen) atoms. The standard InChI is InChI=1S/C53H35N3/c1-53(2)45-28-25-32-13-8-10-19-38(32)48(45)42-26-24-37(30-46(42)53)40-21-12-22-41-44-29-35-17-6-7-18-36(35)31-47(44)56(51(40)41)52-54-49(34-15-4-3-5-16-34)43-27-23-33-14-9-11-20-39(33)50(43)55-52/h3-31H,1-2H3. The van der Waals surface area contributed by atoms with Crippen LogP contribution in [0.4, 0.5) is 0 Å². The third-order valence-electron chi connectivity index (χ3n) is 12.4. The highest BCUT2D eigenvalue weighted by atomic mass is 15.2. The average molecular weight is 714 g/mol. The summed E-state index contributed by atoms with van der Waals surface area (Å²) in [5, 5.41) is 10.7. The second-order valence-electron chi connectivity index (χ2n) is 15.8. The van der Waals surface area contributed by atoms with Crippen molar-refractivity contribution in [2.75, 3.05) is 0 Å². The van der Waals surface area contributed by atoms with Gasteiger partial charge in [0.15, 0.2) is 0 Å². The summed E-state index contributed by atoms with van der Waals surface area (Å²) < 4.78 is 2.33. The second kappa shape index (κ2) is 11.5. The molecule has 0 N–H and O–H groups in total. The quantitative estimate of drug-likeness (QED) is 0.171. The fourth-order valence-corrected chi connectivity index (χ4v) is 9.63. The Morgan fingerprint density at radius 2 is 1.11 bits per heavy atom. The Morgan fingerprint density at radius 3 is 1.93 bits per heavy atom. The van der Waals surface area contributed by atoms with Gasteiger partial charge in [0.1, 0.15) is 0 Å². The van der Waals surface area contributed by atoms with Crippen LogP contribution >= 0.6 is 0 Å². The van der Waals surface area contributed by atoms with Crippen LogP contribution in [0.25, 0.3) is 104 Å². The molecule has 1 aliphatic rings. The minimum Gasteiger partial charge on any atom is -0.277 e. The van der Waals surface area contributed by atoms with Gasteiger partial charge in [-0.15, -0.1) is 0 Å². The zero-order valence-corrected chi connectivity index (χ0v) is 31.1. The molecule has 0 unspecified atom stereocenters. The van der Waals surface area contributed by atoms with E-state index >= 15 is 0 Å². The molecule has 0 bridgehead atoms. The first-order valence-corrected chi connectivity index (χ1v) is 19.4. The van der Waals surface area contributed by atoms with Crippen LogP contribution < -0.4 is 0 Å². The van der Waals surface area contributed by atoms with Crippen LogP contribution in [0.15, 0.2) is 176 Å². The molecule has 0 saturated carbocycles. The van der Waals surface area contributed by atoms with Crippen LogP contribution in [0.2, 0.25) is 0 Å². The number of aromatic nitrogens is 3. The van der Waals surface area contributed by atoms with E-state index in [4.69, 9.17) is 9.97 Å². The molecule has 11 aromatic rings. The number of rotatable bonds is 3. The third-order valence-corrected chi connectivity index (χ3v) is 12.4. The van der Waals surface area contributed by atoms with E-state index in [1.807, 2.05) is 0 Å². The van der Waals surface area contributed by atoms with Gasteiger partial charge in [0, 0.05) is 38.1 Å². The first kappa shape index (κ1) is 31.3. The Labute approximate surface area is 324 Å². The van der Waals surface area contributed by atoms with E-state index in [-0.39, 0.29) is 5.41 Å². The Hall–Kier alpha value is -7.10. The lowest BCUT2D eigenvalue weighted by Gasteiger charge is -2.22. The smallest absolute Gasteiger partial charge is 0.235 e. The topological polar surface area (TPSA) is 30.7 Å². The summed E-state index contributed by atoms with van der Waals surface area (Å²) in [7, 11) is 0. The Bertz CT molecular complexity index is 3440. The summed E-state index contributed by atoms with van der Waals surface area (Å²) in [5.41, 5.74) is 12.7. The molecule has 9 aromatic carbocycles. The van der Waals surface area contributed by atoms with Gasteiger partial charge < -0.3 is 0 Å². The molecule has 1 aliphatic carbocycles. The van der Waals surface area contributed by atoms with Crippen LogP contribution in [-0.4, -0.2) is 14.5 Å². The first-order chi connectivity index (χ1) is 27.5. The van der Waals surface area contributed by atoms with E-state index in [0.717, 1.165) is 49.5 Å². The Kier molecular flexibility index (Phi) is 6.40. The van der Waals surface area contributed by atoms with Gasteiger partial charge in [-0.25, -0.2) is 9.97 Å². The number of hydrogen-bond acceptors (Lipinski definition) is 2. The molecule has 3 nitrogen and oxygen atoms in total. The molecule has 0 saturated heterocycles. The van der Waals surface area contributed by atoms with Gasteiger partial charge in [-0.05, 0) is 79.0 Å². The van der Waals surface area contributed by atoms with Crippen LogP contribution in [0, 0.1) is 0 Å². The molecule has 12 rings (SSSR count). The summed E-state index contributed by atoms with van der Waals surface area (Å²) >= 11 is 0. The molecule has 0 spiro atoms. The predicted molar refractivity (Wildman–Crippen MR) is 235 cm³/mol. The molecular formula is C53H35N3. The van der Waals surface area contributed by atoms with Crippen molar-refractivity contribution in [1.29, 1.82) is 0 Å². The summed E-state index contributed by atoms with van der Waals surface area (Å²) in [6.45, 7) is 4.75. The Balaban J connectivity index is 1.19. The highest BCUT2D eigenvalue weighted by Crippen LogP contribution is 2.52. The van der Waals surface area contributed by atoms with Crippen LogP contribution in [0.3, 0.4) is 0 Å². The molecule has 3 heteroatoms. The van der Waals surface area contributed by atoms with E-state index < -0.39 is 0 Å². The molecule has 0 atom stereocenters. The fourth-order valence-electron chi connectivity index (χ4n) is 9.63. The molecule has 2 aromatic heterocycles. The van der Waals surface area contributed by atoms with Crippen LogP contribution in [0.1, 0.15) is 25.0 Å². The summed E-state index contributed by atoms with van der Waals surface area (Å²) in [4.78, 5) is 11.1. The first-order valence-electron chi connectivity index (χ1n) is 19.4. The normalized spacial score (nSPS) is 13.3. The molecule has 0 radical (unpaired) electrons. The summed E-state index contributed by atoms with van der Waals surface area (Å²) in [6.07, 6.45) is 0. The number of hydrogen-bond donors (Lipinski definition) is 0. The SMILES string of the molecule is CC1(C)c2cc(-c3cccc4c5cc6ccccc6cc5n(-c5nc(-c6ccccc6)c6ccc7ccccc7c6n5)c34)ccc2-c2c1ccc1ccccc21. The molecule has 0 fully saturated rings. The third kappa shape index (κ3) is 4.34. The second-order valence-corrected chi connectivity index (χ2v) is 15.8. The molecular weight excluding hydrogens is 679 g/mol. The molecule has 2 heterocycles. The number of benzene rings is 9. The monoisotopic (exact) mass is 713 g/mol. The van der Waals surface area contributed by atoms with Crippen molar-refractivity contribution >= 4 is 65.0 Å². The van der Waals surface area contributed by atoms with Gasteiger partial charge in [-0.2, -0.15) is 0 Å². The average Bonchev–Trinajstić information content (AvgIpc) is 3.70. The van der Waals surface area contributed by atoms with Crippen molar-refractivity contribution in [3.63, 3.8) is 0 Å². The van der Waals surface area contributed by atoms with Gasteiger partial charge in [0.25, 0.3) is 0 Å². The van der Waals surface area contributed by atoms with Crippen molar-refractivity contribution < 1.29 is 0 Å². The highest BCUT2D eigenvalue weighted by molar-refractivity contribution is 6.17. The predicted octanol–water partition coefficient (Wildman–Crippen LogP) is 13.8. The highest BCUT2D eigenvalue weighted by Gasteiger charge is 2.37. The lowest BCUT2D eigenvalue weighted by Crippen LogP contribution is -2.15.